The van der Waals surface area contributed by atoms with Gasteiger partial charge in [0.2, 0.25) is 0 Å². The number of hydrazine groups is 1. The third kappa shape index (κ3) is 5.93. The summed E-state index contributed by atoms with van der Waals surface area (Å²) in [5.74, 6) is -0.298. The van der Waals surface area contributed by atoms with E-state index in [1.807, 2.05) is 26.0 Å². The van der Waals surface area contributed by atoms with E-state index < -0.39 is 17.9 Å². The van der Waals surface area contributed by atoms with Gasteiger partial charge in [0.1, 0.15) is 5.75 Å². The molecule has 2 rings (SSSR count). The van der Waals surface area contributed by atoms with Crippen molar-refractivity contribution >= 4 is 29.5 Å². The van der Waals surface area contributed by atoms with Crippen molar-refractivity contribution in [2.24, 2.45) is 0 Å². The highest BCUT2D eigenvalue weighted by Gasteiger charge is 2.15. The molecule has 0 saturated heterocycles. The smallest absolute Gasteiger partial charge is 0.279 e. The van der Waals surface area contributed by atoms with Crippen LogP contribution in [0.3, 0.4) is 0 Å². The summed E-state index contributed by atoms with van der Waals surface area (Å²) in [5, 5.41) is 0.622. The minimum Gasteiger partial charge on any atom is -0.481 e. The van der Waals surface area contributed by atoms with Crippen LogP contribution in [0.4, 0.5) is 0 Å². The van der Waals surface area contributed by atoms with E-state index in [1.165, 1.54) is 6.08 Å². The number of amides is 2. The summed E-state index contributed by atoms with van der Waals surface area (Å²) in [4.78, 5) is 23.8. The number of hydrogen-bond donors (Lipinski definition) is 2. The third-order valence-corrected chi connectivity index (χ3v) is 4.02. The van der Waals surface area contributed by atoms with E-state index in [4.69, 9.17) is 16.3 Å². The Hall–Kier alpha value is -2.79. The Morgan fingerprint density at radius 3 is 2.38 bits per heavy atom. The molecule has 1 atom stereocenters. The Bertz CT molecular complexity index is 816. The van der Waals surface area contributed by atoms with Gasteiger partial charge in [-0.05, 0) is 67.8 Å². The summed E-state index contributed by atoms with van der Waals surface area (Å²) in [5.41, 5.74) is 7.71. The Kier molecular flexibility index (Phi) is 6.81. The maximum Gasteiger partial charge on any atom is 0.279 e. The van der Waals surface area contributed by atoms with Crippen molar-refractivity contribution in [2.75, 3.05) is 0 Å². The van der Waals surface area contributed by atoms with Gasteiger partial charge in [-0.2, -0.15) is 0 Å². The standard InChI is InChI=1S/C20H21ClN2O3/c1-13-4-10-18(12-14(13)2)26-15(3)20(25)23-22-19(24)11-7-16-5-8-17(21)9-6-16/h4-12,15H,1-3H3,(H,22,24)(H,23,25)/b11-7+. The molecular weight excluding hydrogens is 352 g/mol. The summed E-state index contributed by atoms with van der Waals surface area (Å²) in [6.07, 6.45) is 2.18. The predicted molar refractivity (Wildman–Crippen MR) is 103 cm³/mol. The molecule has 136 valence electrons. The van der Waals surface area contributed by atoms with Crippen LogP contribution in [-0.4, -0.2) is 17.9 Å². The van der Waals surface area contributed by atoms with Gasteiger partial charge < -0.3 is 4.74 Å². The number of carbonyl (C=O) groups is 2. The molecule has 0 aromatic heterocycles. The molecule has 0 aliphatic carbocycles. The van der Waals surface area contributed by atoms with Gasteiger partial charge in [-0.3, -0.25) is 20.4 Å². The normalized spacial score (nSPS) is 11.8. The predicted octanol–water partition coefficient (Wildman–Crippen LogP) is 3.58. The maximum absolute atomic E-state index is 12.0. The molecule has 5 nitrogen and oxygen atoms in total. The van der Waals surface area contributed by atoms with Crippen molar-refractivity contribution in [3.63, 3.8) is 0 Å². The summed E-state index contributed by atoms with van der Waals surface area (Å²) < 4.78 is 5.59. The molecule has 0 aliphatic heterocycles. The average Bonchev–Trinajstić information content (AvgIpc) is 2.62. The topological polar surface area (TPSA) is 67.4 Å². The summed E-state index contributed by atoms with van der Waals surface area (Å²) in [6, 6.07) is 12.6. The van der Waals surface area contributed by atoms with Gasteiger partial charge in [-0.1, -0.05) is 29.8 Å². The molecule has 26 heavy (non-hydrogen) atoms. The van der Waals surface area contributed by atoms with Gasteiger partial charge in [0.25, 0.3) is 11.8 Å². The highest BCUT2D eigenvalue weighted by atomic mass is 35.5. The lowest BCUT2D eigenvalue weighted by molar-refractivity contribution is -0.131. The number of rotatable bonds is 5. The highest BCUT2D eigenvalue weighted by molar-refractivity contribution is 6.30. The number of hydrogen-bond acceptors (Lipinski definition) is 3. The number of aryl methyl sites for hydroxylation is 2. The van der Waals surface area contributed by atoms with Crippen LogP contribution >= 0.6 is 11.6 Å². The second kappa shape index (κ2) is 9.06. The van der Waals surface area contributed by atoms with Gasteiger partial charge in [-0.25, -0.2) is 0 Å². The Morgan fingerprint density at radius 2 is 1.73 bits per heavy atom. The Balaban J connectivity index is 1.81. The SMILES string of the molecule is Cc1ccc(OC(C)C(=O)NNC(=O)/C=C/c2ccc(Cl)cc2)cc1C. The lowest BCUT2D eigenvalue weighted by atomic mass is 10.1. The van der Waals surface area contributed by atoms with E-state index in [9.17, 15) is 9.59 Å². The maximum atomic E-state index is 12.0. The van der Waals surface area contributed by atoms with E-state index in [0.29, 0.717) is 10.8 Å². The molecule has 2 N–H and O–H groups in total. The Morgan fingerprint density at radius 1 is 1.04 bits per heavy atom. The number of benzene rings is 2. The molecule has 0 radical (unpaired) electrons. The lowest BCUT2D eigenvalue weighted by Gasteiger charge is -2.15. The minimum atomic E-state index is -0.752. The minimum absolute atomic E-state index is 0.448. The van der Waals surface area contributed by atoms with Crippen LogP contribution in [0.2, 0.25) is 5.02 Å². The molecule has 6 heteroatoms. The fraction of sp³-hybridized carbons (Fsp3) is 0.200. The molecular formula is C20H21ClN2O3. The molecule has 0 aliphatic rings. The average molecular weight is 373 g/mol. The number of nitrogens with one attached hydrogen (secondary N) is 2. The van der Waals surface area contributed by atoms with Crippen molar-refractivity contribution < 1.29 is 14.3 Å². The van der Waals surface area contributed by atoms with E-state index in [-0.39, 0.29) is 0 Å². The first-order valence-corrected chi connectivity index (χ1v) is 8.50. The quantitative estimate of drug-likeness (QED) is 0.622. The molecule has 2 amide bonds. The zero-order valence-corrected chi connectivity index (χ0v) is 15.6. The van der Waals surface area contributed by atoms with Crippen molar-refractivity contribution in [1.29, 1.82) is 0 Å². The molecule has 0 heterocycles. The van der Waals surface area contributed by atoms with E-state index in [1.54, 1.807) is 43.3 Å². The van der Waals surface area contributed by atoms with Crippen LogP contribution in [0.5, 0.6) is 5.75 Å². The molecule has 0 bridgehead atoms. The van der Waals surface area contributed by atoms with Crippen molar-refractivity contribution in [2.45, 2.75) is 26.9 Å². The zero-order valence-electron chi connectivity index (χ0n) is 14.9. The zero-order chi connectivity index (χ0) is 19.1. The third-order valence-electron chi connectivity index (χ3n) is 3.77. The molecule has 2 aromatic rings. The van der Waals surface area contributed by atoms with Gasteiger partial charge in [-0.15, -0.1) is 0 Å². The van der Waals surface area contributed by atoms with Gasteiger partial charge in [0.15, 0.2) is 6.10 Å². The molecule has 1 unspecified atom stereocenters. The van der Waals surface area contributed by atoms with E-state index in [0.717, 1.165) is 16.7 Å². The van der Waals surface area contributed by atoms with Crippen molar-refractivity contribution in [1.82, 2.24) is 10.9 Å². The lowest BCUT2D eigenvalue weighted by Crippen LogP contribution is -2.46. The van der Waals surface area contributed by atoms with E-state index in [2.05, 4.69) is 10.9 Å². The van der Waals surface area contributed by atoms with Crippen LogP contribution < -0.4 is 15.6 Å². The van der Waals surface area contributed by atoms with Crippen LogP contribution in [0.25, 0.3) is 6.08 Å². The van der Waals surface area contributed by atoms with Crippen LogP contribution in [0.15, 0.2) is 48.5 Å². The number of carbonyl (C=O) groups excluding carboxylic acids is 2. The monoisotopic (exact) mass is 372 g/mol. The van der Waals surface area contributed by atoms with Gasteiger partial charge in [0.05, 0.1) is 0 Å². The molecule has 2 aromatic carbocycles. The summed E-state index contributed by atoms with van der Waals surface area (Å²) in [7, 11) is 0. The highest BCUT2D eigenvalue weighted by Crippen LogP contribution is 2.17. The molecule has 0 saturated carbocycles. The second-order valence-corrected chi connectivity index (χ2v) is 6.31. The van der Waals surface area contributed by atoms with Crippen molar-refractivity contribution in [3.8, 4) is 5.75 Å². The number of ether oxygens (including phenoxy) is 1. The fourth-order valence-electron chi connectivity index (χ4n) is 2.06. The largest absolute Gasteiger partial charge is 0.481 e. The van der Waals surface area contributed by atoms with Crippen LogP contribution in [-0.2, 0) is 9.59 Å². The van der Waals surface area contributed by atoms with Crippen LogP contribution in [0, 0.1) is 13.8 Å². The van der Waals surface area contributed by atoms with Crippen molar-refractivity contribution in [3.05, 3.63) is 70.3 Å². The van der Waals surface area contributed by atoms with Gasteiger partial charge in [0, 0.05) is 11.1 Å². The number of halogens is 1. The first kappa shape index (κ1) is 19.5. The second-order valence-electron chi connectivity index (χ2n) is 5.87. The summed E-state index contributed by atoms with van der Waals surface area (Å²) in [6.45, 7) is 5.59. The fourth-order valence-corrected chi connectivity index (χ4v) is 2.18. The van der Waals surface area contributed by atoms with E-state index >= 15 is 0 Å². The first-order chi connectivity index (χ1) is 12.3. The first-order valence-electron chi connectivity index (χ1n) is 8.12. The molecule has 0 spiro atoms. The Labute approximate surface area is 158 Å². The molecule has 0 fully saturated rings. The summed E-state index contributed by atoms with van der Waals surface area (Å²) >= 11 is 5.80. The van der Waals surface area contributed by atoms with Crippen LogP contribution in [0.1, 0.15) is 23.6 Å². The van der Waals surface area contributed by atoms with Gasteiger partial charge >= 0.3 is 0 Å².